The summed E-state index contributed by atoms with van der Waals surface area (Å²) in [7, 11) is 1.66. The van der Waals surface area contributed by atoms with Crippen molar-refractivity contribution in [3.05, 3.63) is 83.4 Å². The normalized spacial score (nSPS) is 17.8. The molecule has 0 radical (unpaired) electrons. The van der Waals surface area contributed by atoms with E-state index in [1.165, 1.54) is 18.5 Å². The first-order valence-corrected chi connectivity index (χ1v) is 11.9. The van der Waals surface area contributed by atoms with E-state index in [1.807, 2.05) is 58.4 Å². The van der Waals surface area contributed by atoms with Crippen LogP contribution in [0.25, 0.3) is 0 Å². The van der Waals surface area contributed by atoms with Crippen molar-refractivity contribution in [1.29, 1.82) is 0 Å². The molecule has 1 atom stereocenters. The van der Waals surface area contributed by atoms with Crippen LogP contribution >= 0.6 is 11.6 Å². The molecule has 6 nitrogen and oxygen atoms in total. The lowest BCUT2D eigenvalue weighted by atomic mass is 10.1. The number of Topliss-reactive ketones (excluding diaryl/α,β-unsaturated/α-hetero) is 1. The summed E-state index contributed by atoms with van der Waals surface area (Å²) >= 11 is 6.15. The first kappa shape index (κ1) is 22.3. The Labute approximate surface area is 205 Å². The molecule has 34 heavy (non-hydrogen) atoms. The van der Waals surface area contributed by atoms with Gasteiger partial charge in [0.05, 0.1) is 12.8 Å². The van der Waals surface area contributed by atoms with Gasteiger partial charge in [-0.2, -0.15) is 0 Å². The first-order valence-electron chi connectivity index (χ1n) is 11.5. The van der Waals surface area contributed by atoms with Crippen molar-refractivity contribution in [2.45, 2.75) is 25.9 Å². The van der Waals surface area contributed by atoms with Gasteiger partial charge in [0.1, 0.15) is 5.75 Å². The maximum absolute atomic E-state index is 12.8. The van der Waals surface area contributed by atoms with E-state index in [-0.39, 0.29) is 5.78 Å². The van der Waals surface area contributed by atoms with Crippen molar-refractivity contribution in [3.8, 4) is 5.75 Å². The van der Waals surface area contributed by atoms with Crippen LogP contribution in [-0.2, 0) is 4.79 Å². The quantitative estimate of drug-likeness (QED) is 0.446. The molecule has 1 fully saturated rings. The van der Waals surface area contributed by atoms with Gasteiger partial charge in [-0.25, -0.2) is 5.01 Å². The van der Waals surface area contributed by atoms with Gasteiger partial charge < -0.3 is 9.64 Å². The molecule has 1 saturated heterocycles. The minimum atomic E-state index is -0.408. The van der Waals surface area contributed by atoms with Crippen LogP contribution in [-0.4, -0.2) is 31.8 Å². The molecule has 2 aliphatic rings. The van der Waals surface area contributed by atoms with Crippen LogP contribution in [0, 0.1) is 0 Å². The summed E-state index contributed by atoms with van der Waals surface area (Å²) in [5.41, 5.74) is 3.83. The predicted octanol–water partition coefficient (Wildman–Crippen LogP) is 5.88. The van der Waals surface area contributed by atoms with Gasteiger partial charge in [0.25, 0.3) is 0 Å². The van der Waals surface area contributed by atoms with E-state index in [4.69, 9.17) is 21.4 Å². The third-order valence-electron chi connectivity index (χ3n) is 6.33. The Balaban J connectivity index is 1.63. The molecule has 7 heteroatoms. The fraction of sp³-hybridized carbons (Fsp3) is 0.259. The van der Waals surface area contributed by atoms with Crippen LogP contribution in [0.15, 0.2) is 77.9 Å². The minimum Gasteiger partial charge on any atom is -0.496 e. The standard InChI is InChI=1S/C27H27ClN4O2/c1-19(33)26-29-32(23-11-9-20(28)10-12-23)27(24-7-3-4-8-25(24)34-2)31(26)22-15-13-21(14-16-22)30-17-5-6-18-30/h3-4,7-16,27H,5-6,17-18H2,1-2H3/t27-/m1/s1. The smallest absolute Gasteiger partial charge is 0.198 e. The zero-order chi connectivity index (χ0) is 23.7. The topological polar surface area (TPSA) is 48.4 Å². The lowest BCUT2D eigenvalue weighted by Crippen LogP contribution is -2.38. The number of rotatable bonds is 6. The maximum Gasteiger partial charge on any atom is 0.198 e. The van der Waals surface area contributed by atoms with E-state index in [0.717, 1.165) is 35.8 Å². The molecule has 0 N–H and O–H groups in total. The molecule has 0 spiro atoms. The second-order valence-corrected chi connectivity index (χ2v) is 8.93. The summed E-state index contributed by atoms with van der Waals surface area (Å²) in [6.07, 6.45) is 2.04. The number of ketones is 1. The Morgan fingerprint density at radius 3 is 2.18 bits per heavy atom. The van der Waals surface area contributed by atoms with E-state index >= 15 is 0 Å². The monoisotopic (exact) mass is 474 g/mol. The van der Waals surface area contributed by atoms with Crippen molar-refractivity contribution >= 4 is 40.3 Å². The molecule has 174 valence electrons. The van der Waals surface area contributed by atoms with Crippen LogP contribution in [0.3, 0.4) is 0 Å². The van der Waals surface area contributed by atoms with Gasteiger partial charge in [0.15, 0.2) is 17.8 Å². The summed E-state index contributed by atoms with van der Waals surface area (Å²) in [5, 5.41) is 7.30. The highest BCUT2D eigenvalue weighted by atomic mass is 35.5. The van der Waals surface area contributed by atoms with Crippen molar-refractivity contribution in [1.82, 2.24) is 0 Å². The molecule has 2 heterocycles. The number of benzene rings is 3. The molecule has 2 aliphatic heterocycles. The average Bonchev–Trinajstić information content (AvgIpc) is 3.53. The summed E-state index contributed by atoms with van der Waals surface area (Å²) in [6.45, 7) is 3.71. The number of nitrogens with zero attached hydrogens (tertiary/aromatic N) is 4. The lowest BCUT2D eigenvalue weighted by Gasteiger charge is -2.33. The van der Waals surface area contributed by atoms with Gasteiger partial charge in [-0.1, -0.05) is 29.8 Å². The number of hydrazone groups is 1. The number of carbonyl (C=O) groups excluding carboxylic acids is 1. The Morgan fingerprint density at radius 1 is 0.912 bits per heavy atom. The number of para-hydroxylation sites is 1. The largest absolute Gasteiger partial charge is 0.496 e. The molecule has 0 bridgehead atoms. The van der Waals surface area contributed by atoms with Crippen molar-refractivity contribution in [3.63, 3.8) is 0 Å². The van der Waals surface area contributed by atoms with Gasteiger partial charge in [0, 0.05) is 42.0 Å². The van der Waals surface area contributed by atoms with Gasteiger partial charge in [-0.05, 0) is 67.4 Å². The van der Waals surface area contributed by atoms with E-state index in [9.17, 15) is 4.79 Å². The molecule has 0 amide bonds. The van der Waals surface area contributed by atoms with E-state index in [1.54, 1.807) is 14.0 Å². The highest BCUT2D eigenvalue weighted by Crippen LogP contribution is 2.42. The summed E-state index contributed by atoms with van der Waals surface area (Å²) < 4.78 is 5.71. The second kappa shape index (κ2) is 9.39. The van der Waals surface area contributed by atoms with Crippen molar-refractivity contribution in [2.24, 2.45) is 5.10 Å². The second-order valence-electron chi connectivity index (χ2n) is 8.50. The van der Waals surface area contributed by atoms with Crippen LogP contribution in [0.4, 0.5) is 17.1 Å². The number of halogens is 1. The fourth-order valence-corrected chi connectivity index (χ4v) is 4.80. The van der Waals surface area contributed by atoms with E-state index in [0.29, 0.717) is 10.9 Å². The van der Waals surface area contributed by atoms with E-state index < -0.39 is 6.17 Å². The van der Waals surface area contributed by atoms with Crippen molar-refractivity contribution in [2.75, 3.05) is 35.0 Å². The SMILES string of the molecule is COc1ccccc1[C@H]1N(c2ccc(Cl)cc2)N=C(C(C)=O)N1c1ccc(N2CCCC2)cc1. The molecular weight excluding hydrogens is 448 g/mol. The number of ether oxygens (including phenoxy) is 1. The Kier molecular flexibility index (Phi) is 6.16. The number of anilines is 3. The molecule has 0 aliphatic carbocycles. The number of hydrogen-bond donors (Lipinski definition) is 0. The summed E-state index contributed by atoms with van der Waals surface area (Å²) in [5.74, 6) is 0.991. The molecule has 0 unspecified atom stereocenters. The van der Waals surface area contributed by atoms with Crippen LogP contribution in [0.1, 0.15) is 31.5 Å². The molecule has 0 aromatic heterocycles. The number of amidine groups is 1. The number of hydrogen-bond acceptors (Lipinski definition) is 6. The average molecular weight is 475 g/mol. The molecule has 5 rings (SSSR count). The zero-order valence-electron chi connectivity index (χ0n) is 19.3. The first-order chi connectivity index (χ1) is 16.6. The molecule has 3 aromatic carbocycles. The van der Waals surface area contributed by atoms with Gasteiger partial charge in [0.2, 0.25) is 0 Å². The summed E-state index contributed by atoms with van der Waals surface area (Å²) in [6, 6.07) is 23.7. The highest BCUT2D eigenvalue weighted by Gasteiger charge is 2.40. The Morgan fingerprint density at radius 2 is 1.53 bits per heavy atom. The fourth-order valence-electron chi connectivity index (χ4n) is 4.68. The summed E-state index contributed by atoms with van der Waals surface area (Å²) in [4.78, 5) is 17.2. The van der Waals surface area contributed by atoms with Gasteiger partial charge >= 0.3 is 0 Å². The molecular formula is C27H27ClN4O2. The van der Waals surface area contributed by atoms with Crippen molar-refractivity contribution < 1.29 is 9.53 Å². The third-order valence-corrected chi connectivity index (χ3v) is 6.58. The minimum absolute atomic E-state index is 0.111. The van der Waals surface area contributed by atoms with Crippen LogP contribution in [0.2, 0.25) is 5.02 Å². The molecule has 3 aromatic rings. The Bertz CT molecular complexity index is 1200. The van der Waals surface area contributed by atoms with Gasteiger partial charge in [-0.15, -0.1) is 5.10 Å². The number of carbonyl (C=O) groups is 1. The van der Waals surface area contributed by atoms with E-state index in [2.05, 4.69) is 29.2 Å². The molecule has 0 saturated carbocycles. The lowest BCUT2D eigenvalue weighted by molar-refractivity contribution is -0.111. The highest BCUT2D eigenvalue weighted by molar-refractivity contribution is 6.44. The number of methoxy groups -OCH3 is 1. The van der Waals surface area contributed by atoms with Gasteiger partial charge in [-0.3, -0.25) is 9.69 Å². The predicted molar refractivity (Wildman–Crippen MR) is 138 cm³/mol. The zero-order valence-corrected chi connectivity index (χ0v) is 20.1. The van der Waals surface area contributed by atoms with Crippen LogP contribution < -0.4 is 19.5 Å². The Hall–Kier alpha value is -3.51. The van der Waals surface area contributed by atoms with Crippen LogP contribution in [0.5, 0.6) is 5.75 Å². The third kappa shape index (κ3) is 4.10. The maximum atomic E-state index is 12.8.